The van der Waals surface area contributed by atoms with Crippen LogP contribution in [0.15, 0.2) is 0 Å². The molecule has 12 aliphatic carbocycles. The molecular formula is C45H68O5. The Morgan fingerprint density at radius 1 is 0.580 bits per heavy atom. The highest BCUT2D eigenvalue weighted by Crippen LogP contribution is 2.72. The van der Waals surface area contributed by atoms with Crippen molar-refractivity contribution in [2.75, 3.05) is 0 Å². The van der Waals surface area contributed by atoms with E-state index in [2.05, 4.69) is 48.5 Å². The Hall–Kier alpha value is -1.10. The fraction of sp³-hybridized carbons (Fsp3) is 0.956. The van der Waals surface area contributed by atoms with Crippen LogP contribution in [0.2, 0.25) is 0 Å². The van der Waals surface area contributed by atoms with Crippen LogP contribution in [-0.4, -0.2) is 33.8 Å². The van der Waals surface area contributed by atoms with Gasteiger partial charge in [-0.3, -0.25) is 9.59 Å². The normalized spacial score (nSPS) is 56.8. The van der Waals surface area contributed by atoms with Gasteiger partial charge in [0.2, 0.25) is 0 Å². The van der Waals surface area contributed by atoms with E-state index in [1.165, 1.54) is 44.9 Å². The molecule has 12 unspecified atom stereocenters. The summed E-state index contributed by atoms with van der Waals surface area (Å²) in [5.41, 5.74) is -1.04. The lowest BCUT2D eigenvalue weighted by molar-refractivity contribution is -0.224. The molecule has 0 amide bonds. The Kier molecular flexibility index (Phi) is 7.07. The molecule has 12 rings (SSSR count). The summed E-state index contributed by atoms with van der Waals surface area (Å²) in [6.45, 7) is 17.0. The molecule has 0 heterocycles. The standard InChI is InChI=1S/C45H68O5/c1-41(2,3)37-28-16-31(33(17-28)39(46)49-43(7)29-10-23-8-24(12-29)13-30(43)11-23)36(37)35-27-14-32(38(35)42(4,5)6)34(15-27)40(47)50-45-20-25-9-26(21-45)19-44(48,18-25)22-45/h23-38,48H,8-22H2,1-7H3. The summed E-state index contributed by atoms with van der Waals surface area (Å²) in [5, 5.41) is 11.4. The van der Waals surface area contributed by atoms with E-state index in [9.17, 15) is 14.7 Å². The average Bonchev–Trinajstić information content (AvgIpc) is 3.76. The molecule has 0 saturated heterocycles. The van der Waals surface area contributed by atoms with Gasteiger partial charge in [0.05, 0.1) is 17.4 Å². The van der Waals surface area contributed by atoms with E-state index in [1.54, 1.807) is 0 Å². The first-order valence-electron chi connectivity index (χ1n) is 21.6. The van der Waals surface area contributed by atoms with Gasteiger partial charge >= 0.3 is 11.9 Å². The molecule has 0 spiro atoms. The van der Waals surface area contributed by atoms with Gasteiger partial charge in [-0.2, -0.15) is 0 Å². The monoisotopic (exact) mass is 689 g/mol. The number of hydrogen-bond acceptors (Lipinski definition) is 5. The maximum Gasteiger partial charge on any atom is 0.309 e. The molecule has 12 bridgehead atoms. The van der Waals surface area contributed by atoms with Gasteiger partial charge in [-0.25, -0.2) is 0 Å². The lowest BCUT2D eigenvalue weighted by Gasteiger charge is -2.59. The van der Waals surface area contributed by atoms with Crippen molar-refractivity contribution >= 4 is 11.9 Å². The van der Waals surface area contributed by atoms with Crippen LogP contribution in [0.3, 0.4) is 0 Å². The predicted octanol–water partition coefficient (Wildman–Crippen LogP) is 9.24. The zero-order valence-corrected chi connectivity index (χ0v) is 32.4. The van der Waals surface area contributed by atoms with E-state index >= 15 is 0 Å². The first-order chi connectivity index (χ1) is 23.4. The van der Waals surface area contributed by atoms with Crippen LogP contribution in [0.25, 0.3) is 0 Å². The molecule has 0 aliphatic heterocycles. The topological polar surface area (TPSA) is 72.8 Å². The van der Waals surface area contributed by atoms with E-state index in [4.69, 9.17) is 9.47 Å². The van der Waals surface area contributed by atoms with Crippen molar-refractivity contribution in [2.24, 2.45) is 106 Å². The molecule has 12 atom stereocenters. The summed E-state index contributed by atoms with van der Waals surface area (Å²) in [5.74, 6) is 8.13. The maximum absolute atomic E-state index is 14.6. The van der Waals surface area contributed by atoms with Crippen LogP contribution >= 0.6 is 0 Å². The number of rotatable bonds is 5. The molecule has 50 heavy (non-hydrogen) atoms. The molecule has 5 heteroatoms. The highest BCUT2D eigenvalue weighted by atomic mass is 16.6. The number of carbonyl (C=O) groups is 2. The van der Waals surface area contributed by atoms with Crippen molar-refractivity contribution < 1.29 is 24.2 Å². The third kappa shape index (κ3) is 4.84. The van der Waals surface area contributed by atoms with Crippen LogP contribution in [-0.2, 0) is 19.1 Å². The first kappa shape index (κ1) is 33.5. The molecule has 0 aromatic rings. The minimum atomic E-state index is -0.618. The Balaban J connectivity index is 0.908. The van der Waals surface area contributed by atoms with Crippen molar-refractivity contribution in [3.63, 3.8) is 0 Å². The lowest BCUT2D eigenvalue weighted by Crippen LogP contribution is -2.61. The fourth-order valence-corrected chi connectivity index (χ4v) is 18.1. The third-order valence-corrected chi connectivity index (χ3v) is 18.6. The predicted molar refractivity (Wildman–Crippen MR) is 192 cm³/mol. The number of ether oxygens (including phenoxy) is 2. The molecule has 0 aromatic carbocycles. The highest BCUT2D eigenvalue weighted by Gasteiger charge is 2.69. The van der Waals surface area contributed by atoms with Crippen LogP contribution in [0.4, 0.5) is 0 Å². The third-order valence-electron chi connectivity index (χ3n) is 18.6. The highest BCUT2D eigenvalue weighted by molar-refractivity contribution is 5.75. The minimum Gasteiger partial charge on any atom is -0.459 e. The Labute approximate surface area is 302 Å². The smallest absolute Gasteiger partial charge is 0.309 e. The molecular weight excluding hydrogens is 620 g/mol. The Morgan fingerprint density at radius 2 is 1.10 bits per heavy atom. The molecule has 12 aliphatic rings. The van der Waals surface area contributed by atoms with Crippen molar-refractivity contribution in [2.45, 2.75) is 162 Å². The van der Waals surface area contributed by atoms with Gasteiger partial charge in [-0.05, 0) is 190 Å². The second-order valence-electron chi connectivity index (χ2n) is 23.6. The summed E-state index contributed by atoms with van der Waals surface area (Å²) < 4.78 is 13.6. The first-order valence-corrected chi connectivity index (χ1v) is 21.6. The van der Waals surface area contributed by atoms with E-state index in [1.807, 2.05) is 0 Å². The molecule has 0 radical (unpaired) electrons. The molecule has 278 valence electrons. The molecule has 5 nitrogen and oxygen atoms in total. The number of fused-ring (bicyclic) bond motifs is 4. The Bertz CT molecular complexity index is 1390. The quantitative estimate of drug-likeness (QED) is 0.292. The molecule has 12 saturated carbocycles. The van der Waals surface area contributed by atoms with Crippen LogP contribution in [0, 0.1) is 106 Å². The zero-order valence-electron chi connectivity index (χ0n) is 32.4. The van der Waals surface area contributed by atoms with Gasteiger partial charge in [0, 0.05) is 6.42 Å². The van der Waals surface area contributed by atoms with Crippen molar-refractivity contribution in [3.8, 4) is 0 Å². The Morgan fingerprint density at radius 3 is 1.68 bits per heavy atom. The van der Waals surface area contributed by atoms with Gasteiger partial charge in [-0.1, -0.05) is 41.5 Å². The lowest BCUT2D eigenvalue weighted by atomic mass is 9.50. The number of hydrogen-bond donors (Lipinski definition) is 1. The summed E-state index contributed by atoms with van der Waals surface area (Å²) in [7, 11) is 0. The summed E-state index contributed by atoms with van der Waals surface area (Å²) in [6.07, 6.45) is 16.4. The van der Waals surface area contributed by atoms with Gasteiger partial charge in [0.15, 0.2) is 0 Å². The molecule has 0 aromatic heterocycles. The number of carbonyl (C=O) groups excluding carboxylic acids is 2. The van der Waals surface area contributed by atoms with E-state index in [0.29, 0.717) is 77.4 Å². The maximum atomic E-state index is 14.6. The fourth-order valence-electron chi connectivity index (χ4n) is 18.1. The van der Waals surface area contributed by atoms with Gasteiger partial charge < -0.3 is 14.6 Å². The molecule has 12 fully saturated rings. The number of esters is 2. The molecule has 1 N–H and O–H groups in total. The van der Waals surface area contributed by atoms with Gasteiger partial charge in [0.25, 0.3) is 0 Å². The second-order valence-corrected chi connectivity index (χ2v) is 23.6. The van der Waals surface area contributed by atoms with E-state index < -0.39 is 11.2 Å². The minimum absolute atomic E-state index is 0.0209. The van der Waals surface area contributed by atoms with Crippen molar-refractivity contribution in [1.82, 2.24) is 0 Å². The number of aliphatic hydroxyl groups is 1. The zero-order chi connectivity index (χ0) is 34.9. The van der Waals surface area contributed by atoms with Gasteiger partial charge in [0.1, 0.15) is 11.2 Å². The second kappa shape index (κ2) is 10.6. The summed E-state index contributed by atoms with van der Waals surface area (Å²) in [4.78, 5) is 28.9. The van der Waals surface area contributed by atoms with E-state index in [0.717, 1.165) is 56.8 Å². The SMILES string of the molecule is CC(C)(C)C1C2CC(C(=O)OC3(C)C4CC5CC(C4)CC3C5)C(C2)C1C1C2CC(C(=O)OC34CC5CC(CC(O)(C5)C3)C4)C(C2)C1C(C)(C)C. The largest absolute Gasteiger partial charge is 0.459 e. The average molecular weight is 689 g/mol. The van der Waals surface area contributed by atoms with E-state index in [-0.39, 0.29) is 40.2 Å². The summed E-state index contributed by atoms with van der Waals surface area (Å²) >= 11 is 0. The van der Waals surface area contributed by atoms with Crippen LogP contribution in [0.1, 0.15) is 145 Å². The summed E-state index contributed by atoms with van der Waals surface area (Å²) in [6, 6.07) is 0. The van der Waals surface area contributed by atoms with Crippen molar-refractivity contribution in [1.29, 1.82) is 0 Å². The van der Waals surface area contributed by atoms with Crippen LogP contribution in [0.5, 0.6) is 0 Å². The van der Waals surface area contributed by atoms with Crippen LogP contribution < -0.4 is 0 Å². The van der Waals surface area contributed by atoms with Crippen molar-refractivity contribution in [3.05, 3.63) is 0 Å². The van der Waals surface area contributed by atoms with Gasteiger partial charge in [-0.15, -0.1) is 0 Å².